The fourth-order valence-corrected chi connectivity index (χ4v) is 5.17. The van der Waals surface area contributed by atoms with Gasteiger partial charge in [-0.25, -0.2) is 4.98 Å². The molecule has 1 fully saturated rings. The maximum atomic E-state index is 12.9. The molecule has 0 radical (unpaired) electrons. The van der Waals surface area contributed by atoms with E-state index in [0.29, 0.717) is 41.5 Å². The molecule has 2 amide bonds. The molecule has 0 unspecified atom stereocenters. The van der Waals surface area contributed by atoms with Crippen molar-refractivity contribution in [3.05, 3.63) is 36.3 Å². The second-order valence-electron chi connectivity index (χ2n) is 10.7. The van der Waals surface area contributed by atoms with Crippen molar-refractivity contribution in [2.75, 3.05) is 64.1 Å². The van der Waals surface area contributed by atoms with Gasteiger partial charge in [0.15, 0.2) is 23.1 Å². The van der Waals surface area contributed by atoms with Crippen molar-refractivity contribution in [1.29, 1.82) is 0 Å². The summed E-state index contributed by atoms with van der Waals surface area (Å²) in [7, 11) is 4.86. The third kappa shape index (κ3) is 8.94. The van der Waals surface area contributed by atoms with Crippen LogP contribution >= 0.6 is 0 Å². The first kappa shape index (κ1) is 31.8. The van der Waals surface area contributed by atoms with Crippen molar-refractivity contribution in [2.45, 2.75) is 45.4 Å². The Morgan fingerprint density at radius 2 is 1.79 bits per heavy atom. The molecule has 3 N–H and O–H groups in total. The molecule has 0 saturated carbocycles. The minimum absolute atomic E-state index is 0.0766. The Kier molecular flexibility index (Phi) is 11.8. The highest BCUT2D eigenvalue weighted by Crippen LogP contribution is 2.37. The summed E-state index contributed by atoms with van der Waals surface area (Å²) in [5.41, 5.74) is 1.69. The normalized spacial score (nSPS) is 14.2. The molecule has 1 aliphatic heterocycles. The van der Waals surface area contributed by atoms with Gasteiger partial charge in [-0.1, -0.05) is 32.3 Å². The predicted molar refractivity (Wildman–Crippen MR) is 167 cm³/mol. The Balaban J connectivity index is 1.41. The number of methoxy groups -OCH3 is 1. The molecule has 1 aromatic carbocycles. The number of aromatic nitrogens is 5. The average molecular weight is 593 g/mol. The highest BCUT2D eigenvalue weighted by Gasteiger charge is 2.20. The lowest BCUT2D eigenvalue weighted by Crippen LogP contribution is -2.33. The Labute approximate surface area is 253 Å². The van der Waals surface area contributed by atoms with E-state index in [1.54, 1.807) is 31.2 Å². The van der Waals surface area contributed by atoms with E-state index < -0.39 is 5.91 Å². The number of para-hydroxylation sites is 1. The van der Waals surface area contributed by atoms with Gasteiger partial charge in [-0.3, -0.25) is 14.3 Å². The molecule has 0 aliphatic carbocycles. The number of unbranched alkanes of at least 4 members (excludes halogenated alkanes) is 3. The molecule has 13 heteroatoms. The molecule has 1 aliphatic rings. The summed E-state index contributed by atoms with van der Waals surface area (Å²) >= 11 is 0. The molecule has 13 nitrogen and oxygen atoms in total. The second kappa shape index (κ2) is 15.9. The first-order valence-electron chi connectivity index (χ1n) is 15.1. The number of ether oxygens (including phenoxy) is 1. The van der Waals surface area contributed by atoms with Crippen molar-refractivity contribution in [3.8, 4) is 17.1 Å². The lowest BCUT2D eigenvalue weighted by molar-refractivity contribution is -0.116. The van der Waals surface area contributed by atoms with Crippen molar-refractivity contribution < 1.29 is 14.3 Å². The topological polar surface area (TPSA) is 142 Å². The molecule has 0 spiro atoms. The van der Waals surface area contributed by atoms with Gasteiger partial charge < -0.3 is 30.5 Å². The standard InChI is InChI=1S/C30H44N10O3/c1-5-6-7-8-14-39-15-10-16-40(19-18-39)17-13-26(41)34-25-20-24(27(36-35-25)30(42)31-2)33-23-12-9-11-22(28(23)43-4)29-32-21-38(3)37-29/h9,11-12,20-21H,5-8,10,13-19H2,1-4H3,(H,31,42)(H2,33,34,35,41). The lowest BCUT2D eigenvalue weighted by atomic mass is 10.1. The van der Waals surface area contributed by atoms with Crippen LogP contribution in [0.1, 0.15) is 55.9 Å². The zero-order valence-electron chi connectivity index (χ0n) is 25.7. The SMILES string of the molecule is CCCCCCN1CCCN(CCC(=O)Nc2cc(Nc3cccc(-c4ncn(C)n4)c3OC)c(C(=O)NC)nn2)CC1. The van der Waals surface area contributed by atoms with Crippen LogP contribution in [-0.4, -0.2) is 100 Å². The Hall–Kier alpha value is -4.10. The summed E-state index contributed by atoms with van der Waals surface area (Å²) in [6, 6.07) is 7.10. The van der Waals surface area contributed by atoms with Crippen LogP contribution in [0, 0.1) is 0 Å². The number of benzene rings is 1. The largest absolute Gasteiger partial charge is 0.494 e. The van der Waals surface area contributed by atoms with E-state index >= 15 is 0 Å². The van der Waals surface area contributed by atoms with Gasteiger partial charge in [0.1, 0.15) is 6.33 Å². The number of rotatable bonds is 14. The lowest BCUT2D eigenvalue weighted by Gasteiger charge is -2.21. The highest BCUT2D eigenvalue weighted by molar-refractivity contribution is 5.99. The molecule has 3 heterocycles. The zero-order chi connectivity index (χ0) is 30.6. The van der Waals surface area contributed by atoms with Crippen LogP contribution in [-0.2, 0) is 11.8 Å². The third-order valence-electron chi connectivity index (χ3n) is 7.50. The Morgan fingerprint density at radius 3 is 2.49 bits per heavy atom. The predicted octanol–water partition coefficient (Wildman–Crippen LogP) is 3.30. The number of aryl methyl sites for hydroxylation is 1. The third-order valence-corrected chi connectivity index (χ3v) is 7.50. The fourth-order valence-electron chi connectivity index (χ4n) is 5.17. The van der Waals surface area contributed by atoms with Gasteiger partial charge in [0.2, 0.25) is 5.91 Å². The van der Waals surface area contributed by atoms with Crippen LogP contribution in [0.3, 0.4) is 0 Å². The van der Waals surface area contributed by atoms with Gasteiger partial charge in [-0.2, -0.15) is 5.10 Å². The summed E-state index contributed by atoms with van der Waals surface area (Å²) in [6.45, 7) is 8.18. The summed E-state index contributed by atoms with van der Waals surface area (Å²) in [4.78, 5) is 34.8. The quantitative estimate of drug-likeness (QED) is 0.239. The minimum atomic E-state index is -0.421. The number of hydrogen-bond acceptors (Lipinski definition) is 10. The highest BCUT2D eigenvalue weighted by atomic mass is 16.5. The average Bonchev–Trinajstić information content (AvgIpc) is 3.32. The molecule has 3 aromatic rings. The molecular weight excluding hydrogens is 548 g/mol. The first-order chi connectivity index (χ1) is 20.9. The van der Waals surface area contributed by atoms with Gasteiger partial charge >= 0.3 is 0 Å². The molecule has 43 heavy (non-hydrogen) atoms. The molecule has 0 bridgehead atoms. The number of amides is 2. The van der Waals surface area contributed by atoms with E-state index in [4.69, 9.17) is 4.74 Å². The number of anilines is 3. The van der Waals surface area contributed by atoms with Crippen LogP contribution in [0.15, 0.2) is 30.6 Å². The fraction of sp³-hybridized carbons (Fsp3) is 0.533. The molecule has 232 valence electrons. The number of carbonyl (C=O) groups excluding carboxylic acids is 2. The van der Waals surface area contributed by atoms with E-state index in [0.717, 1.165) is 39.1 Å². The smallest absolute Gasteiger partial charge is 0.273 e. The van der Waals surface area contributed by atoms with Gasteiger partial charge in [-0.05, 0) is 44.6 Å². The van der Waals surface area contributed by atoms with E-state index in [1.807, 2.05) is 18.2 Å². The van der Waals surface area contributed by atoms with Crippen LogP contribution in [0.5, 0.6) is 5.75 Å². The molecule has 0 atom stereocenters. The number of hydrogen-bond donors (Lipinski definition) is 3. The minimum Gasteiger partial charge on any atom is -0.494 e. The number of nitrogens with zero attached hydrogens (tertiary/aromatic N) is 7. The van der Waals surface area contributed by atoms with Gasteiger partial charge in [-0.15, -0.1) is 10.2 Å². The van der Waals surface area contributed by atoms with Crippen LogP contribution < -0.4 is 20.7 Å². The van der Waals surface area contributed by atoms with Crippen molar-refractivity contribution >= 4 is 29.0 Å². The van der Waals surface area contributed by atoms with E-state index in [1.165, 1.54) is 32.7 Å². The van der Waals surface area contributed by atoms with Gasteiger partial charge in [0.25, 0.3) is 5.91 Å². The monoisotopic (exact) mass is 592 g/mol. The van der Waals surface area contributed by atoms with E-state index in [2.05, 4.69) is 53.0 Å². The zero-order valence-corrected chi connectivity index (χ0v) is 25.7. The molecular formula is C30H44N10O3. The Morgan fingerprint density at radius 1 is 1.00 bits per heavy atom. The van der Waals surface area contributed by atoms with Crippen molar-refractivity contribution in [1.82, 2.24) is 40.1 Å². The summed E-state index contributed by atoms with van der Waals surface area (Å²) in [6.07, 6.45) is 8.16. The molecule has 1 saturated heterocycles. The summed E-state index contributed by atoms with van der Waals surface area (Å²) in [5.74, 6) is 0.663. The van der Waals surface area contributed by atoms with Gasteiger partial charge in [0, 0.05) is 46.2 Å². The summed E-state index contributed by atoms with van der Waals surface area (Å²) < 4.78 is 7.31. The van der Waals surface area contributed by atoms with Crippen LogP contribution in [0.4, 0.5) is 17.2 Å². The van der Waals surface area contributed by atoms with Gasteiger partial charge in [0.05, 0.1) is 24.0 Å². The molecule has 2 aromatic heterocycles. The number of carbonyl (C=O) groups is 2. The van der Waals surface area contributed by atoms with Crippen molar-refractivity contribution in [2.24, 2.45) is 7.05 Å². The maximum absolute atomic E-state index is 12.9. The van der Waals surface area contributed by atoms with E-state index in [-0.39, 0.29) is 17.4 Å². The summed E-state index contributed by atoms with van der Waals surface area (Å²) in [5, 5.41) is 21.3. The molecule has 4 rings (SSSR count). The first-order valence-corrected chi connectivity index (χ1v) is 15.1. The second-order valence-corrected chi connectivity index (χ2v) is 10.7. The van der Waals surface area contributed by atoms with E-state index in [9.17, 15) is 9.59 Å². The number of nitrogens with one attached hydrogen (secondary N) is 3. The van der Waals surface area contributed by atoms with Crippen molar-refractivity contribution in [3.63, 3.8) is 0 Å². The Bertz CT molecular complexity index is 1360. The van der Waals surface area contributed by atoms with Crippen LogP contribution in [0.2, 0.25) is 0 Å². The maximum Gasteiger partial charge on any atom is 0.273 e. The van der Waals surface area contributed by atoms with Crippen LogP contribution in [0.25, 0.3) is 11.4 Å².